The highest BCUT2D eigenvalue weighted by molar-refractivity contribution is 14.0. The largest absolute Gasteiger partial charge is 0.466 e. The Balaban J connectivity index is 0.00000280. The van der Waals surface area contributed by atoms with Gasteiger partial charge in [-0.25, -0.2) is 4.99 Å². The molecule has 3 aromatic rings. The Morgan fingerprint density at radius 1 is 1.07 bits per heavy atom. The zero-order valence-electron chi connectivity index (χ0n) is 16.3. The van der Waals surface area contributed by atoms with Crippen LogP contribution in [0.2, 0.25) is 0 Å². The number of furan rings is 1. The van der Waals surface area contributed by atoms with Crippen LogP contribution in [0.1, 0.15) is 25.2 Å². The second kappa shape index (κ2) is 10.5. The zero-order valence-corrected chi connectivity index (χ0v) is 18.6. The molecule has 3 N–H and O–H groups in total. The molecule has 2 aromatic carbocycles. The molecule has 1 aromatic heterocycles. The van der Waals surface area contributed by atoms with E-state index in [1.54, 1.807) is 25.3 Å². The van der Waals surface area contributed by atoms with Crippen LogP contribution in [0.15, 0.2) is 70.3 Å². The zero-order chi connectivity index (χ0) is 19.1. The van der Waals surface area contributed by atoms with Crippen LogP contribution in [0.25, 0.3) is 10.8 Å². The maximum atomic E-state index is 10.6. The third kappa shape index (κ3) is 5.72. The van der Waals surface area contributed by atoms with Crippen LogP contribution >= 0.6 is 24.0 Å². The van der Waals surface area contributed by atoms with E-state index in [0.717, 1.165) is 19.5 Å². The number of rotatable bonds is 7. The van der Waals surface area contributed by atoms with Gasteiger partial charge in [-0.2, -0.15) is 0 Å². The van der Waals surface area contributed by atoms with E-state index in [1.165, 1.54) is 16.3 Å². The van der Waals surface area contributed by atoms with E-state index >= 15 is 0 Å². The van der Waals surface area contributed by atoms with Crippen LogP contribution in [-0.2, 0) is 12.0 Å². The average molecular weight is 493 g/mol. The molecule has 1 atom stereocenters. The second-order valence-corrected chi connectivity index (χ2v) is 6.76. The SMILES string of the molecule is CCNC(=NCC(C)(O)c1ccco1)NCCc1cccc2ccccc12.I. The predicted octanol–water partition coefficient (Wildman–Crippen LogP) is 4.06. The van der Waals surface area contributed by atoms with Gasteiger partial charge < -0.3 is 20.2 Å². The number of halogens is 1. The van der Waals surface area contributed by atoms with Crippen LogP contribution in [0.5, 0.6) is 0 Å². The lowest BCUT2D eigenvalue weighted by molar-refractivity contribution is 0.0437. The van der Waals surface area contributed by atoms with Gasteiger partial charge in [0.05, 0.1) is 12.8 Å². The molecule has 0 aliphatic heterocycles. The van der Waals surface area contributed by atoms with Crippen molar-refractivity contribution in [2.75, 3.05) is 19.6 Å². The van der Waals surface area contributed by atoms with Crippen LogP contribution in [0.4, 0.5) is 0 Å². The third-order valence-corrected chi connectivity index (χ3v) is 4.51. The minimum Gasteiger partial charge on any atom is -0.466 e. The molecule has 0 radical (unpaired) electrons. The van der Waals surface area contributed by atoms with Crippen LogP contribution in [0.3, 0.4) is 0 Å². The summed E-state index contributed by atoms with van der Waals surface area (Å²) in [6.07, 6.45) is 2.45. The maximum absolute atomic E-state index is 10.6. The van der Waals surface area contributed by atoms with Crippen LogP contribution in [0, 0.1) is 0 Å². The highest BCUT2D eigenvalue weighted by Gasteiger charge is 2.26. The Bertz CT molecular complexity index is 886. The minimum atomic E-state index is -1.14. The van der Waals surface area contributed by atoms with Gasteiger partial charge in [-0.3, -0.25) is 0 Å². The highest BCUT2D eigenvalue weighted by atomic mass is 127. The van der Waals surface area contributed by atoms with Crippen molar-refractivity contribution in [3.05, 3.63) is 72.2 Å². The van der Waals surface area contributed by atoms with Gasteiger partial charge in [0, 0.05) is 13.1 Å². The number of nitrogens with one attached hydrogen (secondary N) is 2. The van der Waals surface area contributed by atoms with Crippen molar-refractivity contribution < 1.29 is 9.52 Å². The predicted molar refractivity (Wildman–Crippen MR) is 125 cm³/mol. The molecule has 28 heavy (non-hydrogen) atoms. The van der Waals surface area contributed by atoms with E-state index in [9.17, 15) is 5.11 Å². The van der Waals surface area contributed by atoms with E-state index in [2.05, 4.69) is 58.1 Å². The summed E-state index contributed by atoms with van der Waals surface area (Å²) >= 11 is 0. The molecule has 0 aliphatic rings. The second-order valence-electron chi connectivity index (χ2n) is 6.76. The summed E-state index contributed by atoms with van der Waals surface area (Å²) < 4.78 is 5.31. The number of guanidine groups is 1. The summed E-state index contributed by atoms with van der Waals surface area (Å²) in [5.41, 5.74) is 0.167. The van der Waals surface area contributed by atoms with Gasteiger partial charge in [0.25, 0.3) is 0 Å². The molecule has 0 saturated heterocycles. The Hall–Kier alpha value is -2.06. The first-order chi connectivity index (χ1) is 13.1. The fourth-order valence-corrected chi connectivity index (χ4v) is 3.06. The lowest BCUT2D eigenvalue weighted by atomic mass is 10.0. The molecule has 0 saturated carbocycles. The van der Waals surface area contributed by atoms with Crippen molar-refractivity contribution in [2.24, 2.45) is 4.99 Å². The number of fused-ring (bicyclic) bond motifs is 1. The molecule has 1 heterocycles. The van der Waals surface area contributed by atoms with Crippen molar-refractivity contribution in [2.45, 2.75) is 25.9 Å². The van der Waals surface area contributed by atoms with Crippen molar-refractivity contribution >= 4 is 40.7 Å². The Morgan fingerprint density at radius 2 is 1.86 bits per heavy atom. The number of aliphatic imine (C=N–C) groups is 1. The van der Waals surface area contributed by atoms with Gasteiger partial charge in [-0.15, -0.1) is 24.0 Å². The minimum absolute atomic E-state index is 0. The molecule has 0 bridgehead atoms. The number of benzene rings is 2. The van der Waals surface area contributed by atoms with E-state index in [-0.39, 0.29) is 30.5 Å². The van der Waals surface area contributed by atoms with Gasteiger partial charge in [0.1, 0.15) is 11.4 Å². The van der Waals surface area contributed by atoms with Gasteiger partial charge >= 0.3 is 0 Å². The third-order valence-electron chi connectivity index (χ3n) is 4.51. The summed E-state index contributed by atoms with van der Waals surface area (Å²) in [5, 5.41) is 19.7. The molecule has 0 fully saturated rings. The fraction of sp³-hybridized carbons (Fsp3) is 0.318. The summed E-state index contributed by atoms with van der Waals surface area (Å²) in [5.74, 6) is 1.20. The fourth-order valence-electron chi connectivity index (χ4n) is 3.06. The summed E-state index contributed by atoms with van der Waals surface area (Å²) in [6, 6.07) is 18.3. The monoisotopic (exact) mass is 493 g/mol. The molecule has 0 amide bonds. The number of hydrogen-bond acceptors (Lipinski definition) is 3. The smallest absolute Gasteiger partial charge is 0.191 e. The summed E-state index contributed by atoms with van der Waals surface area (Å²) in [4.78, 5) is 4.52. The van der Waals surface area contributed by atoms with Crippen molar-refractivity contribution in [1.29, 1.82) is 0 Å². The average Bonchev–Trinajstić information content (AvgIpc) is 3.22. The first-order valence-corrected chi connectivity index (χ1v) is 9.35. The van der Waals surface area contributed by atoms with Crippen LogP contribution < -0.4 is 10.6 Å². The summed E-state index contributed by atoms with van der Waals surface area (Å²) in [6.45, 7) is 5.44. The molecule has 1 unspecified atom stereocenters. The topological polar surface area (TPSA) is 69.8 Å². The molecule has 5 nitrogen and oxygen atoms in total. The lowest BCUT2D eigenvalue weighted by Gasteiger charge is -2.19. The molecular weight excluding hydrogens is 465 g/mol. The number of nitrogens with zero attached hydrogens (tertiary/aromatic N) is 1. The van der Waals surface area contributed by atoms with E-state index < -0.39 is 5.60 Å². The van der Waals surface area contributed by atoms with E-state index in [1.807, 2.05) is 6.92 Å². The Kier molecular flexibility index (Phi) is 8.32. The summed E-state index contributed by atoms with van der Waals surface area (Å²) in [7, 11) is 0. The van der Waals surface area contributed by atoms with Crippen molar-refractivity contribution in [3.8, 4) is 0 Å². The van der Waals surface area contributed by atoms with E-state index in [0.29, 0.717) is 11.7 Å². The first kappa shape index (κ1) is 22.2. The Labute approximate surface area is 183 Å². The quantitative estimate of drug-likeness (QED) is 0.264. The maximum Gasteiger partial charge on any atom is 0.191 e. The number of aliphatic hydroxyl groups is 1. The van der Waals surface area contributed by atoms with Gasteiger partial charge in [-0.05, 0) is 48.7 Å². The number of hydrogen-bond donors (Lipinski definition) is 3. The van der Waals surface area contributed by atoms with Gasteiger partial charge in [-0.1, -0.05) is 42.5 Å². The van der Waals surface area contributed by atoms with Gasteiger partial charge in [0.15, 0.2) is 5.96 Å². The molecule has 3 rings (SSSR count). The normalized spacial score (nSPS) is 13.6. The molecule has 6 heteroatoms. The Morgan fingerprint density at radius 3 is 2.61 bits per heavy atom. The molecule has 150 valence electrons. The molecular formula is C22H28IN3O2. The first-order valence-electron chi connectivity index (χ1n) is 9.35. The van der Waals surface area contributed by atoms with E-state index in [4.69, 9.17) is 4.42 Å². The van der Waals surface area contributed by atoms with Crippen molar-refractivity contribution in [1.82, 2.24) is 10.6 Å². The molecule has 0 spiro atoms. The standard InChI is InChI=1S/C22H27N3O2.HI/c1-3-23-21(25-16-22(2,26)20-12-7-15-27-20)24-14-13-18-10-6-9-17-8-4-5-11-19(17)18;/h4-12,15,26H,3,13-14,16H2,1-2H3,(H2,23,24,25);1H. The van der Waals surface area contributed by atoms with Crippen molar-refractivity contribution in [3.63, 3.8) is 0 Å². The lowest BCUT2D eigenvalue weighted by Crippen LogP contribution is -2.39. The van der Waals surface area contributed by atoms with Crippen LogP contribution in [-0.4, -0.2) is 30.7 Å². The highest BCUT2D eigenvalue weighted by Crippen LogP contribution is 2.21. The van der Waals surface area contributed by atoms with Gasteiger partial charge in [0.2, 0.25) is 0 Å². The molecule has 0 aliphatic carbocycles.